The molecule has 0 bridgehead atoms. The summed E-state index contributed by atoms with van der Waals surface area (Å²) in [5.41, 5.74) is 4.53. The minimum Gasteiger partial charge on any atom is -0.294 e. The first-order valence-electron chi connectivity index (χ1n) is 7.61. The summed E-state index contributed by atoms with van der Waals surface area (Å²) in [4.78, 5) is 12.4. The van der Waals surface area contributed by atoms with Crippen molar-refractivity contribution in [3.05, 3.63) is 70.8 Å². The van der Waals surface area contributed by atoms with Crippen molar-refractivity contribution in [1.82, 2.24) is 0 Å². The number of hydrogen-bond acceptors (Lipinski definition) is 1. The van der Waals surface area contributed by atoms with Crippen LogP contribution in [0.1, 0.15) is 54.2 Å². The Balaban J connectivity index is 2.13. The summed E-state index contributed by atoms with van der Waals surface area (Å²) in [6, 6.07) is 16.3. The molecule has 0 aliphatic heterocycles. The highest BCUT2D eigenvalue weighted by atomic mass is 16.1. The van der Waals surface area contributed by atoms with Gasteiger partial charge in [-0.25, -0.2) is 0 Å². The van der Waals surface area contributed by atoms with E-state index in [2.05, 4.69) is 52.0 Å². The first-order valence-corrected chi connectivity index (χ1v) is 7.61. The molecule has 0 aromatic heterocycles. The van der Waals surface area contributed by atoms with Crippen molar-refractivity contribution < 1.29 is 4.79 Å². The molecule has 0 spiro atoms. The molecule has 0 saturated heterocycles. The van der Waals surface area contributed by atoms with E-state index in [4.69, 9.17) is 0 Å². The number of aryl methyl sites for hydroxylation is 1. The average Bonchev–Trinajstić information content (AvgIpc) is 2.47. The van der Waals surface area contributed by atoms with Crippen LogP contribution in [0.15, 0.2) is 48.5 Å². The third-order valence-electron chi connectivity index (χ3n) is 4.32. The van der Waals surface area contributed by atoms with Crippen LogP contribution in [0.4, 0.5) is 0 Å². The minimum atomic E-state index is 0.165. The first kappa shape index (κ1) is 15.5. The van der Waals surface area contributed by atoms with E-state index in [0.29, 0.717) is 6.42 Å². The number of hydrogen-bond donors (Lipinski definition) is 0. The van der Waals surface area contributed by atoms with E-state index in [9.17, 15) is 4.79 Å². The van der Waals surface area contributed by atoms with Crippen LogP contribution in [-0.4, -0.2) is 5.78 Å². The monoisotopic (exact) mass is 280 g/mol. The van der Waals surface area contributed by atoms with Crippen molar-refractivity contribution in [3.8, 4) is 0 Å². The van der Waals surface area contributed by atoms with Crippen molar-refractivity contribution in [2.24, 2.45) is 0 Å². The Bertz CT molecular complexity index is 621. The van der Waals surface area contributed by atoms with Gasteiger partial charge in [0.05, 0.1) is 0 Å². The zero-order valence-corrected chi connectivity index (χ0v) is 13.4. The van der Waals surface area contributed by atoms with E-state index in [1.165, 1.54) is 11.1 Å². The highest BCUT2D eigenvalue weighted by Gasteiger charge is 2.18. The Morgan fingerprint density at radius 1 is 1.05 bits per heavy atom. The number of Topliss-reactive ketones (excluding diaryl/α,β-unsaturated/α-hetero) is 1. The molecule has 1 nitrogen and oxygen atoms in total. The molecule has 2 rings (SSSR count). The van der Waals surface area contributed by atoms with Gasteiger partial charge in [0.25, 0.3) is 0 Å². The SMILES string of the molecule is CCC(C)(C)c1ccc(C(=O)Cc2cccc(C)c2)cc1. The highest BCUT2D eigenvalue weighted by molar-refractivity contribution is 5.97. The van der Waals surface area contributed by atoms with Crippen LogP contribution >= 0.6 is 0 Å². The van der Waals surface area contributed by atoms with E-state index >= 15 is 0 Å². The molecule has 21 heavy (non-hydrogen) atoms. The largest absolute Gasteiger partial charge is 0.294 e. The summed E-state index contributed by atoms with van der Waals surface area (Å²) in [7, 11) is 0. The highest BCUT2D eigenvalue weighted by Crippen LogP contribution is 2.26. The van der Waals surface area contributed by atoms with Crippen LogP contribution in [0, 0.1) is 6.92 Å². The topological polar surface area (TPSA) is 17.1 Å². The van der Waals surface area contributed by atoms with Crippen LogP contribution in [0.2, 0.25) is 0 Å². The summed E-state index contributed by atoms with van der Waals surface area (Å²) in [5.74, 6) is 0.182. The third kappa shape index (κ3) is 3.81. The molecule has 2 aromatic rings. The summed E-state index contributed by atoms with van der Waals surface area (Å²) in [5, 5.41) is 0. The summed E-state index contributed by atoms with van der Waals surface area (Å²) >= 11 is 0. The Kier molecular flexibility index (Phi) is 4.62. The zero-order chi connectivity index (χ0) is 15.5. The number of carbonyl (C=O) groups is 1. The van der Waals surface area contributed by atoms with Gasteiger partial charge in [0.2, 0.25) is 0 Å². The Morgan fingerprint density at radius 3 is 2.29 bits per heavy atom. The average molecular weight is 280 g/mol. The van der Waals surface area contributed by atoms with Gasteiger partial charge < -0.3 is 0 Å². The molecule has 2 aromatic carbocycles. The van der Waals surface area contributed by atoms with Gasteiger partial charge in [-0.05, 0) is 29.9 Å². The normalized spacial score (nSPS) is 11.4. The number of carbonyl (C=O) groups excluding carboxylic acids is 1. The van der Waals surface area contributed by atoms with Gasteiger partial charge in [-0.15, -0.1) is 0 Å². The van der Waals surface area contributed by atoms with Gasteiger partial charge in [-0.3, -0.25) is 4.79 Å². The summed E-state index contributed by atoms with van der Waals surface area (Å²) in [6.07, 6.45) is 1.56. The fourth-order valence-corrected chi connectivity index (χ4v) is 2.42. The molecule has 0 aliphatic rings. The number of benzene rings is 2. The van der Waals surface area contributed by atoms with Gasteiger partial charge >= 0.3 is 0 Å². The maximum absolute atomic E-state index is 12.4. The van der Waals surface area contributed by atoms with Crippen molar-refractivity contribution in [2.45, 2.75) is 46.0 Å². The molecule has 110 valence electrons. The molecule has 1 heteroatoms. The maximum atomic E-state index is 12.4. The van der Waals surface area contributed by atoms with Gasteiger partial charge in [0, 0.05) is 12.0 Å². The van der Waals surface area contributed by atoms with Gasteiger partial charge in [-0.1, -0.05) is 74.9 Å². The molecule has 0 unspecified atom stereocenters. The van der Waals surface area contributed by atoms with Crippen molar-refractivity contribution in [1.29, 1.82) is 0 Å². The predicted molar refractivity (Wildman–Crippen MR) is 89.0 cm³/mol. The molecule has 0 aliphatic carbocycles. The van der Waals surface area contributed by atoms with Crippen molar-refractivity contribution in [2.75, 3.05) is 0 Å². The van der Waals surface area contributed by atoms with Crippen molar-refractivity contribution in [3.63, 3.8) is 0 Å². The molecule has 0 N–H and O–H groups in total. The molecule has 0 fully saturated rings. The molecular weight excluding hydrogens is 256 g/mol. The smallest absolute Gasteiger partial charge is 0.167 e. The number of rotatable bonds is 5. The lowest BCUT2D eigenvalue weighted by atomic mass is 9.82. The fourth-order valence-electron chi connectivity index (χ4n) is 2.42. The van der Waals surface area contributed by atoms with Gasteiger partial charge in [-0.2, -0.15) is 0 Å². The second-order valence-corrected chi connectivity index (χ2v) is 6.40. The van der Waals surface area contributed by atoms with Crippen LogP contribution < -0.4 is 0 Å². The third-order valence-corrected chi connectivity index (χ3v) is 4.32. The van der Waals surface area contributed by atoms with Gasteiger partial charge in [0.1, 0.15) is 0 Å². The maximum Gasteiger partial charge on any atom is 0.167 e. The van der Waals surface area contributed by atoms with E-state index in [0.717, 1.165) is 17.5 Å². The first-order chi connectivity index (χ1) is 9.92. The van der Waals surface area contributed by atoms with E-state index < -0.39 is 0 Å². The minimum absolute atomic E-state index is 0.165. The second-order valence-electron chi connectivity index (χ2n) is 6.40. The Morgan fingerprint density at radius 2 is 1.71 bits per heavy atom. The quantitative estimate of drug-likeness (QED) is 0.696. The van der Waals surface area contributed by atoms with Crippen molar-refractivity contribution >= 4 is 5.78 Å². The molecule has 0 atom stereocenters. The van der Waals surface area contributed by atoms with E-state index in [1.54, 1.807) is 0 Å². The second kappa shape index (κ2) is 6.26. The predicted octanol–water partition coefficient (Wildman–Crippen LogP) is 5.11. The molecule has 0 heterocycles. The van der Waals surface area contributed by atoms with E-state index in [1.807, 2.05) is 24.3 Å². The molecule has 0 radical (unpaired) electrons. The van der Waals surface area contributed by atoms with E-state index in [-0.39, 0.29) is 11.2 Å². The number of ketones is 1. The van der Waals surface area contributed by atoms with Gasteiger partial charge in [0.15, 0.2) is 5.78 Å². The Hall–Kier alpha value is -1.89. The standard InChI is InChI=1S/C20H24O/c1-5-20(3,4)18-11-9-17(10-12-18)19(21)14-16-8-6-7-15(2)13-16/h6-13H,5,14H2,1-4H3. The van der Waals surface area contributed by atoms with Crippen LogP contribution in [0.3, 0.4) is 0 Å². The molecule has 0 amide bonds. The lowest BCUT2D eigenvalue weighted by Gasteiger charge is -2.23. The summed E-state index contributed by atoms with van der Waals surface area (Å²) in [6.45, 7) is 8.71. The van der Waals surface area contributed by atoms with Crippen LogP contribution in [0.5, 0.6) is 0 Å². The lowest BCUT2D eigenvalue weighted by molar-refractivity contribution is 0.0993. The summed E-state index contributed by atoms with van der Waals surface area (Å²) < 4.78 is 0. The molecular formula is C20H24O. The Labute approximate surface area is 128 Å². The lowest BCUT2D eigenvalue weighted by Crippen LogP contribution is -2.15. The zero-order valence-electron chi connectivity index (χ0n) is 13.4. The van der Waals surface area contributed by atoms with Crippen LogP contribution in [-0.2, 0) is 11.8 Å². The van der Waals surface area contributed by atoms with Crippen LogP contribution in [0.25, 0.3) is 0 Å². The molecule has 0 saturated carbocycles. The fraction of sp³-hybridized carbons (Fsp3) is 0.350.